The predicted molar refractivity (Wildman–Crippen MR) is 74.3 cm³/mol. The molecule has 1 rings (SSSR count). The standard InChI is InChI=1S/C13H16ClF3N2O2/c1-8(19(2)5-6-20)12(21)18-11-4-3-9(14)7-10(11)13(15,16)17/h3-4,7-8,20H,5-6H2,1-2H3,(H,18,21). The molecule has 1 atom stereocenters. The molecule has 1 amide bonds. The van der Waals surface area contributed by atoms with Gasteiger partial charge in [0.2, 0.25) is 5.91 Å². The quantitative estimate of drug-likeness (QED) is 0.875. The first-order chi connectivity index (χ1) is 9.66. The van der Waals surface area contributed by atoms with Crippen molar-refractivity contribution in [3.8, 4) is 0 Å². The monoisotopic (exact) mass is 324 g/mol. The smallest absolute Gasteiger partial charge is 0.395 e. The number of likely N-dealkylation sites (N-methyl/N-ethyl adjacent to an activating group) is 1. The highest BCUT2D eigenvalue weighted by Gasteiger charge is 2.34. The van der Waals surface area contributed by atoms with Crippen LogP contribution in [-0.2, 0) is 11.0 Å². The molecule has 0 aliphatic rings. The van der Waals surface area contributed by atoms with Crippen molar-refractivity contribution in [3.63, 3.8) is 0 Å². The molecule has 1 aromatic carbocycles. The maximum absolute atomic E-state index is 12.9. The summed E-state index contributed by atoms with van der Waals surface area (Å²) >= 11 is 5.56. The van der Waals surface area contributed by atoms with Crippen LogP contribution in [0.1, 0.15) is 12.5 Å². The first kappa shape index (κ1) is 17.7. The normalized spacial score (nSPS) is 13.3. The molecule has 0 spiro atoms. The lowest BCUT2D eigenvalue weighted by molar-refractivity contribution is -0.137. The number of aliphatic hydroxyl groups excluding tert-OH is 1. The SMILES string of the molecule is CC(C(=O)Nc1ccc(Cl)cc1C(F)(F)F)N(C)CCO. The molecule has 0 heterocycles. The van der Waals surface area contributed by atoms with E-state index in [0.29, 0.717) is 0 Å². The summed E-state index contributed by atoms with van der Waals surface area (Å²) < 4.78 is 38.7. The van der Waals surface area contributed by atoms with Crippen LogP contribution in [0.3, 0.4) is 0 Å². The van der Waals surface area contributed by atoms with Gasteiger partial charge in [0.15, 0.2) is 0 Å². The van der Waals surface area contributed by atoms with Gasteiger partial charge < -0.3 is 10.4 Å². The zero-order valence-corrected chi connectivity index (χ0v) is 12.3. The highest BCUT2D eigenvalue weighted by molar-refractivity contribution is 6.30. The summed E-state index contributed by atoms with van der Waals surface area (Å²) in [4.78, 5) is 13.5. The Hall–Kier alpha value is -1.31. The average Bonchev–Trinajstić information content (AvgIpc) is 2.38. The Balaban J connectivity index is 2.95. The number of carbonyl (C=O) groups is 1. The van der Waals surface area contributed by atoms with E-state index >= 15 is 0 Å². The van der Waals surface area contributed by atoms with Gasteiger partial charge in [-0.1, -0.05) is 11.6 Å². The van der Waals surface area contributed by atoms with Crippen molar-refractivity contribution in [1.29, 1.82) is 0 Å². The number of hydrogen-bond acceptors (Lipinski definition) is 3. The van der Waals surface area contributed by atoms with E-state index in [2.05, 4.69) is 5.32 Å². The largest absolute Gasteiger partial charge is 0.418 e. The van der Waals surface area contributed by atoms with E-state index in [-0.39, 0.29) is 23.9 Å². The molecule has 8 heteroatoms. The van der Waals surface area contributed by atoms with Crippen molar-refractivity contribution >= 4 is 23.2 Å². The summed E-state index contributed by atoms with van der Waals surface area (Å²) in [6.45, 7) is 1.62. The number of alkyl halides is 3. The Morgan fingerprint density at radius 1 is 1.48 bits per heavy atom. The molecule has 21 heavy (non-hydrogen) atoms. The number of nitrogens with zero attached hydrogens (tertiary/aromatic N) is 1. The van der Waals surface area contributed by atoms with Gasteiger partial charge >= 0.3 is 6.18 Å². The van der Waals surface area contributed by atoms with Crippen molar-refractivity contribution < 1.29 is 23.1 Å². The number of hydrogen-bond donors (Lipinski definition) is 2. The number of aliphatic hydroxyl groups is 1. The van der Waals surface area contributed by atoms with Gasteiger partial charge in [0.05, 0.1) is 23.9 Å². The summed E-state index contributed by atoms with van der Waals surface area (Å²) in [5, 5.41) is 11.0. The topological polar surface area (TPSA) is 52.6 Å². The Morgan fingerprint density at radius 2 is 2.10 bits per heavy atom. The summed E-state index contributed by atoms with van der Waals surface area (Å²) in [6.07, 6.45) is -4.62. The third-order valence-corrected chi connectivity index (χ3v) is 3.27. The van der Waals surface area contributed by atoms with Gasteiger partial charge in [-0.25, -0.2) is 0 Å². The third kappa shape index (κ3) is 4.87. The maximum Gasteiger partial charge on any atom is 0.418 e. The molecule has 0 aromatic heterocycles. The van der Waals surface area contributed by atoms with Gasteiger partial charge in [-0.3, -0.25) is 9.69 Å². The molecular weight excluding hydrogens is 309 g/mol. The van der Waals surface area contributed by atoms with Gasteiger partial charge in [0, 0.05) is 11.6 Å². The second kappa shape index (κ2) is 7.11. The van der Waals surface area contributed by atoms with E-state index in [4.69, 9.17) is 16.7 Å². The van der Waals surface area contributed by atoms with Crippen LogP contribution in [0.4, 0.5) is 18.9 Å². The molecule has 4 nitrogen and oxygen atoms in total. The number of anilines is 1. The predicted octanol–water partition coefficient (Wildman–Crippen LogP) is 2.61. The fourth-order valence-corrected chi connectivity index (χ4v) is 1.82. The molecular formula is C13H16ClF3N2O2. The molecule has 0 saturated carbocycles. The van der Waals surface area contributed by atoms with E-state index in [1.165, 1.54) is 17.9 Å². The van der Waals surface area contributed by atoms with Gasteiger partial charge in [-0.05, 0) is 32.2 Å². The molecule has 0 bridgehead atoms. The molecule has 118 valence electrons. The van der Waals surface area contributed by atoms with Crippen LogP contribution in [0.15, 0.2) is 18.2 Å². The van der Waals surface area contributed by atoms with Gasteiger partial charge in [0.1, 0.15) is 0 Å². The van der Waals surface area contributed by atoms with Crippen LogP contribution >= 0.6 is 11.6 Å². The van der Waals surface area contributed by atoms with Crippen LogP contribution in [-0.4, -0.2) is 42.2 Å². The number of benzene rings is 1. The number of halogens is 4. The molecule has 0 saturated heterocycles. The van der Waals surface area contributed by atoms with E-state index < -0.39 is 23.7 Å². The Labute approximate surface area is 125 Å². The highest BCUT2D eigenvalue weighted by atomic mass is 35.5. The lowest BCUT2D eigenvalue weighted by Crippen LogP contribution is -2.41. The van der Waals surface area contributed by atoms with Crippen molar-refractivity contribution in [1.82, 2.24) is 4.90 Å². The minimum Gasteiger partial charge on any atom is -0.395 e. The van der Waals surface area contributed by atoms with E-state index in [9.17, 15) is 18.0 Å². The Bertz CT molecular complexity index is 509. The maximum atomic E-state index is 12.9. The molecule has 0 radical (unpaired) electrons. The second-order valence-corrected chi connectivity index (χ2v) is 4.99. The molecule has 2 N–H and O–H groups in total. The average molecular weight is 325 g/mol. The Morgan fingerprint density at radius 3 is 2.62 bits per heavy atom. The first-order valence-corrected chi connectivity index (χ1v) is 6.53. The molecule has 0 aliphatic carbocycles. The zero-order valence-electron chi connectivity index (χ0n) is 11.5. The zero-order chi connectivity index (χ0) is 16.2. The van der Waals surface area contributed by atoms with Crippen LogP contribution in [0.25, 0.3) is 0 Å². The van der Waals surface area contributed by atoms with Crippen LogP contribution in [0.2, 0.25) is 5.02 Å². The number of carbonyl (C=O) groups excluding carboxylic acids is 1. The lowest BCUT2D eigenvalue weighted by Gasteiger charge is -2.23. The first-order valence-electron chi connectivity index (χ1n) is 6.15. The minimum atomic E-state index is -4.62. The summed E-state index contributed by atoms with van der Waals surface area (Å²) in [7, 11) is 1.59. The van der Waals surface area contributed by atoms with Crippen molar-refractivity contribution in [2.45, 2.75) is 19.1 Å². The number of nitrogens with one attached hydrogen (secondary N) is 1. The van der Waals surface area contributed by atoms with Crippen molar-refractivity contribution in [2.75, 3.05) is 25.5 Å². The van der Waals surface area contributed by atoms with E-state index in [1.807, 2.05) is 0 Å². The van der Waals surface area contributed by atoms with Crippen molar-refractivity contribution in [2.24, 2.45) is 0 Å². The number of amides is 1. The fourth-order valence-electron chi connectivity index (χ4n) is 1.65. The summed E-state index contributed by atoms with van der Waals surface area (Å²) in [6, 6.07) is 2.46. The number of rotatable bonds is 5. The minimum absolute atomic E-state index is 0.0641. The van der Waals surface area contributed by atoms with E-state index in [0.717, 1.165) is 12.1 Å². The van der Waals surface area contributed by atoms with Gasteiger partial charge in [-0.2, -0.15) is 13.2 Å². The van der Waals surface area contributed by atoms with Crippen molar-refractivity contribution in [3.05, 3.63) is 28.8 Å². The molecule has 0 aliphatic heterocycles. The van der Waals surface area contributed by atoms with Gasteiger partial charge in [-0.15, -0.1) is 0 Å². The molecule has 0 fully saturated rings. The third-order valence-electron chi connectivity index (χ3n) is 3.04. The summed E-state index contributed by atoms with van der Waals surface area (Å²) in [5.74, 6) is -0.598. The van der Waals surface area contributed by atoms with Gasteiger partial charge in [0.25, 0.3) is 0 Å². The molecule has 1 unspecified atom stereocenters. The second-order valence-electron chi connectivity index (χ2n) is 4.56. The van der Waals surface area contributed by atoms with E-state index in [1.54, 1.807) is 7.05 Å². The highest BCUT2D eigenvalue weighted by Crippen LogP contribution is 2.36. The van der Waals surface area contributed by atoms with Crippen LogP contribution in [0, 0.1) is 0 Å². The van der Waals surface area contributed by atoms with Crippen LogP contribution in [0.5, 0.6) is 0 Å². The molecule has 1 aromatic rings. The Kier molecular flexibility index (Phi) is 6.00. The van der Waals surface area contributed by atoms with Crippen LogP contribution < -0.4 is 5.32 Å². The fraction of sp³-hybridized carbons (Fsp3) is 0.462. The lowest BCUT2D eigenvalue weighted by atomic mass is 10.1. The summed E-state index contributed by atoms with van der Waals surface area (Å²) in [5.41, 5.74) is -1.35.